The summed E-state index contributed by atoms with van der Waals surface area (Å²) in [4.78, 5) is 13.4. The highest BCUT2D eigenvalue weighted by atomic mass is 32.2. The van der Waals surface area contributed by atoms with Crippen LogP contribution in [-0.2, 0) is 4.75 Å². The predicted octanol–water partition coefficient (Wildman–Crippen LogP) is 6.05. The van der Waals surface area contributed by atoms with Crippen LogP contribution in [-0.4, -0.2) is 22.6 Å². The van der Waals surface area contributed by atoms with E-state index in [1.807, 2.05) is 24.2 Å². The first-order chi connectivity index (χ1) is 14.8. The summed E-state index contributed by atoms with van der Waals surface area (Å²) in [6, 6.07) is 17.6. The zero-order valence-electron chi connectivity index (χ0n) is 17.1. The molecule has 2 aromatic carbocycles. The van der Waals surface area contributed by atoms with Gasteiger partial charge in [0, 0.05) is 23.9 Å². The van der Waals surface area contributed by atoms with Gasteiger partial charge in [-0.2, -0.15) is 0 Å². The number of methoxy groups -OCH3 is 1. The second kappa shape index (κ2) is 8.23. The van der Waals surface area contributed by atoms with E-state index in [1.165, 1.54) is 36.8 Å². The molecule has 0 amide bonds. The van der Waals surface area contributed by atoms with E-state index in [2.05, 4.69) is 64.0 Å². The molecular formula is C25H25N3OS. The van der Waals surface area contributed by atoms with E-state index in [9.17, 15) is 0 Å². The Kier molecular flexibility index (Phi) is 5.30. The highest BCUT2D eigenvalue weighted by Crippen LogP contribution is 2.58. The molecule has 0 spiro atoms. The normalized spacial score (nSPS) is 25.5. The summed E-state index contributed by atoms with van der Waals surface area (Å²) in [5.41, 5.74) is 6.94. The number of rotatable bonds is 4. The van der Waals surface area contributed by atoms with Crippen molar-refractivity contribution in [1.29, 1.82) is 0 Å². The Hall–Kier alpha value is -2.66. The Morgan fingerprint density at radius 1 is 1.00 bits per heavy atom. The van der Waals surface area contributed by atoms with Crippen molar-refractivity contribution in [2.45, 2.75) is 36.5 Å². The van der Waals surface area contributed by atoms with Crippen LogP contribution in [0, 0.1) is 5.92 Å². The van der Waals surface area contributed by atoms with Gasteiger partial charge in [-0.25, -0.2) is 9.97 Å². The minimum Gasteiger partial charge on any atom is -0.497 e. The van der Waals surface area contributed by atoms with Crippen molar-refractivity contribution < 1.29 is 4.74 Å². The Labute approximate surface area is 181 Å². The molecule has 5 rings (SSSR count). The summed E-state index contributed by atoms with van der Waals surface area (Å²) < 4.78 is 5.46. The van der Waals surface area contributed by atoms with E-state index in [0.717, 1.165) is 16.9 Å². The lowest BCUT2D eigenvalue weighted by Gasteiger charge is -2.48. The molecule has 1 fully saturated rings. The second-order valence-electron chi connectivity index (χ2n) is 8.04. The minimum absolute atomic E-state index is 0.0722. The fraction of sp³-hybridized carbons (Fsp3) is 0.320. The van der Waals surface area contributed by atoms with Gasteiger partial charge in [-0.3, -0.25) is 4.99 Å². The SMILES string of the molecule is COc1ccc(C23CCCCC2C(c2cccc(-c4cncnc4)c2)N=CS3)cc1. The molecule has 1 aliphatic heterocycles. The molecule has 0 bridgehead atoms. The molecular weight excluding hydrogens is 390 g/mol. The molecule has 5 heteroatoms. The van der Waals surface area contributed by atoms with E-state index < -0.39 is 0 Å². The third-order valence-electron chi connectivity index (χ3n) is 6.48. The molecule has 3 atom stereocenters. The molecule has 30 heavy (non-hydrogen) atoms. The third kappa shape index (κ3) is 3.41. The van der Waals surface area contributed by atoms with Crippen molar-refractivity contribution in [3.05, 3.63) is 78.4 Å². The van der Waals surface area contributed by atoms with Gasteiger partial charge in [0.1, 0.15) is 12.1 Å². The van der Waals surface area contributed by atoms with Gasteiger partial charge >= 0.3 is 0 Å². The molecule has 152 valence electrons. The summed E-state index contributed by atoms with van der Waals surface area (Å²) in [7, 11) is 1.72. The number of ether oxygens (including phenoxy) is 1. The molecule has 0 saturated heterocycles. The molecule has 1 saturated carbocycles. The lowest BCUT2D eigenvalue weighted by molar-refractivity contribution is 0.235. The van der Waals surface area contributed by atoms with E-state index in [-0.39, 0.29) is 10.8 Å². The van der Waals surface area contributed by atoms with Gasteiger partial charge in [-0.05, 0) is 47.7 Å². The number of benzene rings is 2. The largest absolute Gasteiger partial charge is 0.497 e. The number of nitrogens with zero attached hydrogens (tertiary/aromatic N) is 3. The average molecular weight is 416 g/mol. The molecule has 2 aliphatic rings. The molecule has 4 nitrogen and oxygen atoms in total. The van der Waals surface area contributed by atoms with Gasteiger partial charge in [0.2, 0.25) is 0 Å². The number of thioether (sulfide) groups is 1. The van der Waals surface area contributed by atoms with Gasteiger partial charge < -0.3 is 4.74 Å². The molecule has 1 aliphatic carbocycles. The predicted molar refractivity (Wildman–Crippen MR) is 123 cm³/mol. The maximum Gasteiger partial charge on any atom is 0.118 e. The van der Waals surface area contributed by atoms with Gasteiger partial charge in [0.25, 0.3) is 0 Å². The number of fused-ring (bicyclic) bond motifs is 1. The quantitative estimate of drug-likeness (QED) is 0.520. The van der Waals surface area contributed by atoms with Gasteiger partial charge in [-0.15, -0.1) is 11.8 Å². The first-order valence-electron chi connectivity index (χ1n) is 10.5. The number of hydrogen-bond donors (Lipinski definition) is 0. The van der Waals surface area contributed by atoms with Gasteiger partial charge in [0.05, 0.1) is 23.4 Å². The number of aliphatic imine (C=N–C) groups is 1. The average Bonchev–Trinajstić information content (AvgIpc) is 2.84. The zero-order chi connectivity index (χ0) is 20.4. The van der Waals surface area contributed by atoms with Crippen LogP contribution in [0.2, 0.25) is 0 Å². The van der Waals surface area contributed by atoms with Crippen LogP contribution in [0.5, 0.6) is 5.75 Å². The lowest BCUT2D eigenvalue weighted by Crippen LogP contribution is -2.40. The smallest absolute Gasteiger partial charge is 0.118 e. The second-order valence-corrected chi connectivity index (χ2v) is 9.22. The number of aromatic nitrogens is 2. The molecule has 0 radical (unpaired) electrons. The van der Waals surface area contributed by atoms with Crippen LogP contribution in [0.15, 0.2) is 72.2 Å². The molecule has 0 N–H and O–H groups in total. The van der Waals surface area contributed by atoms with Crippen molar-refractivity contribution in [2.75, 3.05) is 7.11 Å². The van der Waals surface area contributed by atoms with Crippen molar-refractivity contribution >= 4 is 17.3 Å². The zero-order valence-corrected chi connectivity index (χ0v) is 17.9. The van der Waals surface area contributed by atoms with Crippen molar-refractivity contribution in [1.82, 2.24) is 9.97 Å². The highest BCUT2D eigenvalue weighted by Gasteiger charge is 2.48. The van der Waals surface area contributed by atoms with Crippen molar-refractivity contribution in [2.24, 2.45) is 10.9 Å². The van der Waals surface area contributed by atoms with Crippen LogP contribution < -0.4 is 4.74 Å². The third-order valence-corrected chi connectivity index (χ3v) is 7.87. The molecule has 2 heterocycles. The monoisotopic (exact) mass is 415 g/mol. The van der Waals surface area contributed by atoms with E-state index >= 15 is 0 Å². The maximum atomic E-state index is 5.39. The van der Waals surface area contributed by atoms with E-state index in [4.69, 9.17) is 9.73 Å². The minimum atomic E-state index is 0.0722. The number of hydrogen-bond acceptors (Lipinski definition) is 5. The standard InChI is InChI=1S/C25H25N3OS/c1-29-22-10-8-21(9-11-22)25-12-3-2-7-23(25)24(28-17-30-25)19-6-4-5-18(13-19)20-14-26-16-27-15-20/h4-6,8-11,13-17,23-24H,2-3,7,12H2,1H3. The highest BCUT2D eigenvalue weighted by molar-refractivity contribution is 8.12. The molecule has 3 unspecified atom stereocenters. The fourth-order valence-corrected chi connectivity index (χ4v) is 6.33. The molecule has 3 aromatic rings. The summed E-state index contributed by atoms with van der Waals surface area (Å²) in [6.45, 7) is 0. The van der Waals surface area contributed by atoms with Crippen LogP contribution in [0.25, 0.3) is 11.1 Å². The maximum absolute atomic E-state index is 5.39. The molecule has 1 aromatic heterocycles. The van der Waals surface area contributed by atoms with Gasteiger partial charge in [0.15, 0.2) is 0 Å². The fourth-order valence-electron chi connectivity index (χ4n) is 4.99. The Morgan fingerprint density at radius 2 is 1.83 bits per heavy atom. The van der Waals surface area contributed by atoms with Crippen molar-refractivity contribution in [3.8, 4) is 16.9 Å². The Balaban J connectivity index is 1.54. The summed E-state index contributed by atoms with van der Waals surface area (Å²) in [5, 5.41) is 0. The van der Waals surface area contributed by atoms with Crippen LogP contribution in [0.1, 0.15) is 42.9 Å². The van der Waals surface area contributed by atoms with E-state index in [0.29, 0.717) is 5.92 Å². The first-order valence-corrected chi connectivity index (χ1v) is 11.4. The van der Waals surface area contributed by atoms with Gasteiger partial charge in [-0.1, -0.05) is 43.2 Å². The van der Waals surface area contributed by atoms with Crippen molar-refractivity contribution in [3.63, 3.8) is 0 Å². The lowest BCUT2D eigenvalue weighted by atomic mass is 9.69. The van der Waals surface area contributed by atoms with Crippen LogP contribution in [0.4, 0.5) is 0 Å². The summed E-state index contributed by atoms with van der Waals surface area (Å²) >= 11 is 1.91. The summed E-state index contributed by atoms with van der Waals surface area (Å²) in [5.74, 6) is 1.38. The Morgan fingerprint density at radius 3 is 2.63 bits per heavy atom. The topological polar surface area (TPSA) is 47.4 Å². The van der Waals surface area contributed by atoms with Crippen LogP contribution in [0.3, 0.4) is 0 Å². The first kappa shape index (κ1) is 19.3. The van der Waals surface area contributed by atoms with E-state index in [1.54, 1.807) is 13.4 Å². The Bertz CT molecular complexity index is 1040. The van der Waals surface area contributed by atoms with Crippen LogP contribution >= 0.6 is 11.8 Å². The summed E-state index contributed by atoms with van der Waals surface area (Å²) in [6.07, 6.45) is 10.2.